The van der Waals surface area contributed by atoms with Gasteiger partial charge in [0.2, 0.25) is 11.8 Å². The second-order valence-corrected chi connectivity index (χ2v) is 8.02. The first-order chi connectivity index (χ1) is 14.2. The Morgan fingerprint density at radius 1 is 1.14 bits per heavy atom. The van der Waals surface area contributed by atoms with Gasteiger partial charge in [0.25, 0.3) is 0 Å². The number of thiophene rings is 1. The summed E-state index contributed by atoms with van der Waals surface area (Å²) in [6, 6.07) is 11.1. The van der Waals surface area contributed by atoms with E-state index in [-0.39, 0.29) is 5.91 Å². The number of aryl methyl sites for hydroxylation is 2. The molecule has 5 rings (SSSR count). The molecule has 0 bridgehead atoms. The highest BCUT2D eigenvalue weighted by Gasteiger charge is 2.24. The van der Waals surface area contributed by atoms with Gasteiger partial charge < -0.3 is 10.1 Å². The molecule has 0 saturated heterocycles. The quantitative estimate of drug-likeness (QED) is 0.520. The first-order valence-electron chi connectivity index (χ1n) is 9.45. The lowest BCUT2D eigenvalue weighted by atomic mass is 10.2. The van der Waals surface area contributed by atoms with Gasteiger partial charge in [-0.05, 0) is 61.2 Å². The second-order valence-electron chi connectivity index (χ2n) is 6.94. The van der Waals surface area contributed by atoms with Crippen molar-refractivity contribution in [3.63, 3.8) is 0 Å². The fourth-order valence-corrected chi connectivity index (χ4v) is 4.83. The van der Waals surface area contributed by atoms with Gasteiger partial charge >= 0.3 is 0 Å². The number of carbonyl (C=O) groups is 1. The van der Waals surface area contributed by atoms with Gasteiger partial charge in [-0.3, -0.25) is 9.78 Å². The zero-order valence-corrected chi connectivity index (χ0v) is 16.6. The molecule has 1 aliphatic carbocycles. The normalized spacial score (nSPS) is 12.7. The largest absolute Gasteiger partial charge is 0.438 e. The number of fused-ring (bicyclic) bond motifs is 3. The van der Waals surface area contributed by atoms with Gasteiger partial charge in [-0.15, -0.1) is 11.3 Å². The van der Waals surface area contributed by atoms with Crippen molar-refractivity contribution < 1.29 is 9.53 Å². The summed E-state index contributed by atoms with van der Waals surface area (Å²) in [5.41, 5.74) is 2.89. The lowest BCUT2D eigenvalue weighted by Crippen LogP contribution is -2.05. The number of rotatable bonds is 4. The Morgan fingerprint density at radius 2 is 2.00 bits per heavy atom. The lowest BCUT2D eigenvalue weighted by molar-refractivity contribution is -0.114. The van der Waals surface area contributed by atoms with E-state index in [4.69, 9.17) is 14.7 Å². The van der Waals surface area contributed by atoms with Gasteiger partial charge in [-0.2, -0.15) is 4.98 Å². The molecular formula is C22H18N4O2S. The van der Waals surface area contributed by atoms with Gasteiger partial charge in [-0.1, -0.05) is 0 Å². The van der Waals surface area contributed by atoms with Crippen LogP contribution in [0.4, 0.5) is 5.69 Å². The average molecular weight is 402 g/mol. The van der Waals surface area contributed by atoms with Crippen LogP contribution < -0.4 is 10.1 Å². The summed E-state index contributed by atoms with van der Waals surface area (Å²) in [4.78, 5) is 27.3. The van der Waals surface area contributed by atoms with Crippen molar-refractivity contribution in [3.8, 4) is 23.0 Å². The Hall–Kier alpha value is -3.32. The Morgan fingerprint density at radius 3 is 2.76 bits per heavy atom. The third-order valence-electron chi connectivity index (χ3n) is 4.84. The third kappa shape index (κ3) is 3.45. The summed E-state index contributed by atoms with van der Waals surface area (Å²) in [6.45, 7) is 1.49. The minimum absolute atomic E-state index is 0.105. The zero-order valence-electron chi connectivity index (χ0n) is 15.8. The molecule has 0 radical (unpaired) electrons. The average Bonchev–Trinajstić information content (AvgIpc) is 3.30. The highest BCUT2D eigenvalue weighted by Crippen LogP contribution is 2.42. The molecule has 3 heterocycles. The van der Waals surface area contributed by atoms with Crippen molar-refractivity contribution in [1.82, 2.24) is 15.0 Å². The molecule has 4 aromatic rings. The van der Waals surface area contributed by atoms with Gasteiger partial charge in [0.15, 0.2) is 5.82 Å². The van der Waals surface area contributed by atoms with Crippen LogP contribution in [0, 0.1) is 0 Å². The zero-order chi connectivity index (χ0) is 19.8. The molecule has 0 spiro atoms. The lowest BCUT2D eigenvalue weighted by Gasteiger charge is -2.10. The smallest absolute Gasteiger partial charge is 0.231 e. The van der Waals surface area contributed by atoms with E-state index in [2.05, 4.69) is 10.3 Å². The number of aromatic nitrogens is 3. The van der Waals surface area contributed by atoms with E-state index in [1.165, 1.54) is 17.4 Å². The Labute approximate surface area is 171 Å². The summed E-state index contributed by atoms with van der Waals surface area (Å²) in [6.07, 6.45) is 6.77. The number of anilines is 1. The van der Waals surface area contributed by atoms with E-state index in [0.29, 0.717) is 17.5 Å². The van der Waals surface area contributed by atoms with Crippen LogP contribution in [-0.2, 0) is 17.6 Å². The van der Waals surface area contributed by atoms with E-state index < -0.39 is 0 Å². The molecule has 0 atom stereocenters. The Bertz CT molecular complexity index is 1200. The fourth-order valence-electron chi connectivity index (χ4n) is 3.58. The maximum atomic E-state index is 11.2. The molecule has 144 valence electrons. The van der Waals surface area contributed by atoms with Crippen LogP contribution in [0.25, 0.3) is 21.6 Å². The monoisotopic (exact) mass is 402 g/mol. The molecule has 1 aliphatic rings. The number of pyridine rings is 1. The van der Waals surface area contributed by atoms with Crippen LogP contribution in [0.15, 0.2) is 48.8 Å². The Kier molecular flexibility index (Phi) is 4.44. The maximum absolute atomic E-state index is 11.2. The van der Waals surface area contributed by atoms with Gasteiger partial charge in [0.1, 0.15) is 10.6 Å². The van der Waals surface area contributed by atoms with Gasteiger partial charge in [-0.25, -0.2) is 4.98 Å². The molecule has 1 N–H and O–H groups in total. The van der Waals surface area contributed by atoms with Crippen LogP contribution in [0.2, 0.25) is 0 Å². The topological polar surface area (TPSA) is 77.0 Å². The van der Waals surface area contributed by atoms with E-state index in [1.807, 2.05) is 36.4 Å². The summed E-state index contributed by atoms with van der Waals surface area (Å²) >= 11 is 1.73. The first kappa shape index (κ1) is 17.8. The van der Waals surface area contributed by atoms with Crippen molar-refractivity contribution in [2.24, 2.45) is 0 Å². The molecule has 0 unspecified atom stereocenters. The predicted octanol–water partition coefficient (Wildman–Crippen LogP) is 4.99. The van der Waals surface area contributed by atoms with Crippen molar-refractivity contribution in [2.45, 2.75) is 26.2 Å². The maximum Gasteiger partial charge on any atom is 0.231 e. The van der Waals surface area contributed by atoms with E-state index in [1.54, 1.807) is 23.7 Å². The van der Waals surface area contributed by atoms with Crippen LogP contribution >= 0.6 is 11.3 Å². The van der Waals surface area contributed by atoms with Gasteiger partial charge in [0, 0.05) is 35.4 Å². The van der Waals surface area contributed by atoms with Crippen LogP contribution in [0.3, 0.4) is 0 Å². The molecule has 0 fully saturated rings. The molecule has 0 saturated carbocycles. The predicted molar refractivity (Wildman–Crippen MR) is 113 cm³/mol. The molecule has 29 heavy (non-hydrogen) atoms. The highest BCUT2D eigenvalue weighted by molar-refractivity contribution is 7.19. The number of hydrogen-bond acceptors (Lipinski definition) is 6. The third-order valence-corrected chi connectivity index (χ3v) is 6.03. The number of ether oxygens (including phenoxy) is 1. The Balaban J connectivity index is 1.58. The molecule has 0 aliphatic heterocycles. The van der Waals surface area contributed by atoms with E-state index >= 15 is 0 Å². The SMILES string of the molecule is CC(=O)Nc1ccc(Oc2nc(-c3cccnc3)nc3sc4c(c23)CCC4)cc1. The summed E-state index contributed by atoms with van der Waals surface area (Å²) < 4.78 is 6.22. The molecular weight excluding hydrogens is 384 g/mol. The molecule has 7 heteroatoms. The number of amides is 1. The first-order valence-corrected chi connectivity index (χ1v) is 10.3. The highest BCUT2D eigenvalue weighted by atomic mass is 32.1. The van der Waals surface area contributed by atoms with Crippen molar-refractivity contribution in [3.05, 3.63) is 59.2 Å². The number of hydrogen-bond donors (Lipinski definition) is 1. The van der Waals surface area contributed by atoms with Crippen LogP contribution in [0.5, 0.6) is 11.6 Å². The van der Waals surface area contributed by atoms with Gasteiger partial charge in [0.05, 0.1) is 5.39 Å². The number of carbonyl (C=O) groups excluding carboxylic acids is 1. The van der Waals surface area contributed by atoms with Crippen LogP contribution in [-0.4, -0.2) is 20.9 Å². The summed E-state index contributed by atoms with van der Waals surface area (Å²) in [5.74, 6) is 1.73. The number of benzene rings is 1. The van der Waals surface area contributed by atoms with Crippen LogP contribution in [0.1, 0.15) is 23.8 Å². The fraction of sp³-hybridized carbons (Fsp3) is 0.182. The summed E-state index contributed by atoms with van der Waals surface area (Å²) in [7, 11) is 0. The van der Waals surface area contributed by atoms with Crippen molar-refractivity contribution in [2.75, 3.05) is 5.32 Å². The van der Waals surface area contributed by atoms with E-state index in [0.717, 1.165) is 40.7 Å². The minimum Gasteiger partial charge on any atom is -0.438 e. The number of nitrogens with one attached hydrogen (secondary N) is 1. The number of nitrogens with zero attached hydrogens (tertiary/aromatic N) is 3. The van der Waals surface area contributed by atoms with Crippen molar-refractivity contribution in [1.29, 1.82) is 0 Å². The molecule has 1 amide bonds. The van der Waals surface area contributed by atoms with Crippen molar-refractivity contribution >= 4 is 33.1 Å². The standard InChI is InChI=1S/C22H18N4O2S/c1-13(27)24-15-7-9-16(10-8-15)28-21-19-17-5-2-6-18(17)29-22(19)26-20(25-21)14-4-3-11-23-12-14/h3-4,7-12H,2,5-6H2,1H3,(H,24,27). The molecule has 6 nitrogen and oxygen atoms in total. The van der Waals surface area contributed by atoms with E-state index in [9.17, 15) is 4.79 Å². The summed E-state index contributed by atoms with van der Waals surface area (Å²) in [5, 5.41) is 3.78. The molecule has 3 aromatic heterocycles. The minimum atomic E-state index is -0.105. The molecule has 1 aromatic carbocycles. The second kappa shape index (κ2) is 7.25.